The predicted molar refractivity (Wildman–Crippen MR) is 105 cm³/mol. The van der Waals surface area contributed by atoms with Crippen molar-refractivity contribution < 1.29 is 14.5 Å². The fraction of sp³-hybridized carbons (Fsp3) is 0.263. The average molecular weight is 395 g/mol. The number of carbonyl (C=O) groups is 2. The number of amides is 2. The Hall–Kier alpha value is -2.08. The summed E-state index contributed by atoms with van der Waals surface area (Å²) in [7, 11) is 1.79. The summed E-state index contributed by atoms with van der Waals surface area (Å²) < 4.78 is 0. The van der Waals surface area contributed by atoms with Crippen LogP contribution < -0.4 is 15.5 Å². The van der Waals surface area contributed by atoms with Gasteiger partial charge in [0.1, 0.15) is 0 Å². The van der Waals surface area contributed by atoms with Gasteiger partial charge in [-0.25, -0.2) is 0 Å². The van der Waals surface area contributed by atoms with Crippen LogP contribution in [0.2, 0.25) is 10.0 Å². The molecule has 0 aliphatic rings. The van der Waals surface area contributed by atoms with E-state index >= 15 is 0 Å². The topological polar surface area (TPSA) is 62.6 Å². The lowest BCUT2D eigenvalue weighted by Gasteiger charge is -2.17. The standard InChI is InChI=1S/C19H21Cl2N3O2/c1-13(14-6-5-7-15(20)10-14)22-18(25)11-24(2)12-19(26)23-17-9-4-3-8-16(17)21/h3-10,13H,11-12H2,1-2H3,(H,22,25)(H,23,26)/p+1/t13-/m0/s1. The van der Waals surface area contributed by atoms with Gasteiger partial charge in [-0.2, -0.15) is 0 Å². The monoisotopic (exact) mass is 394 g/mol. The van der Waals surface area contributed by atoms with E-state index in [2.05, 4.69) is 10.6 Å². The van der Waals surface area contributed by atoms with Crippen LogP contribution in [0.1, 0.15) is 18.5 Å². The van der Waals surface area contributed by atoms with Crippen LogP contribution in [0.3, 0.4) is 0 Å². The highest BCUT2D eigenvalue weighted by Crippen LogP contribution is 2.20. The van der Waals surface area contributed by atoms with Crippen molar-refractivity contribution in [3.05, 3.63) is 64.1 Å². The summed E-state index contributed by atoms with van der Waals surface area (Å²) in [6, 6.07) is 14.2. The van der Waals surface area contributed by atoms with Crippen LogP contribution in [0.15, 0.2) is 48.5 Å². The number of anilines is 1. The Morgan fingerprint density at radius 3 is 2.42 bits per heavy atom. The van der Waals surface area contributed by atoms with Crippen molar-refractivity contribution in [3.8, 4) is 0 Å². The Morgan fingerprint density at radius 1 is 1.04 bits per heavy atom. The Morgan fingerprint density at radius 2 is 1.73 bits per heavy atom. The average Bonchev–Trinajstić information content (AvgIpc) is 2.56. The maximum atomic E-state index is 12.2. The van der Waals surface area contributed by atoms with Crippen LogP contribution in [0.25, 0.3) is 0 Å². The maximum absolute atomic E-state index is 12.2. The van der Waals surface area contributed by atoms with Crippen LogP contribution in [-0.2, 0) is 9.59 Å². The third-order valence-corrected chi connectivity index (χ3v) is 4.36. The highest BCUT2D eigenvalue weighted by atomic mass is 35.5. The second-order valence-electron chi connectivity index (χ2n) is 6.18. The normalized spacial score (nSPS) is 12.9. The second-order valence-corrected chi connectivity index (χ2v) is 7.03. The summed E-state index contributed by atoms with van der Waals surface area (Å²) >= 11 is 12.0. The molecule has 0 radical (unpaired) electrons. The molecule has 2 aromatic rings. The molecule has 2 amide bonds. The van der Waals surface area contributed by atoms with E-state index in [0.29, 0.717) is 15.7 Å². The van der Waals surface area contributed by atoms with E-state index in [1.807, 2.05) is 25.1 Å². The van der Waals surface area contributed by atoms with Crippen LogP contribution >= 0.6 is 23.2 Å². The molecular formula is C19H22Cl2N3O2+. The van der Waals surface area contributed by atoms with Gasteiger partial charge in [-0.15, -0.1) is 0 Å². The molecule has 0 fully saturated rings. The van der Waals surface area contributed by atoms with Gasteiger partial charge in [0.15, 0.2) is 13.1 Å². The largest absolute Gasteiger partial charge is 0.345 e. The molecule has 1 unspecified atom stereocenters. The molecule has 0 saturated carbocycles. The molecule has 3 N–H and O–H groups in total. The molecule has 0 bridgehead atoms. The number of hydrogen-bond acceptors (Lipinski definition) is 2. The van der Waals surface area contributed by atoms with Gasteiger partial charge in [0.25, 0.3) is 11.8 Å². The molecular weight excluding hydrogens is 373 g/mol. The van der Waals surface area contributed by atoms with E-state index in [4.69, 9.17) is 23.2 Å². The molecule has 2 atom stereocenters. The molecule has 138 valence electrons. The van der Waals surface area contributed by atoms with Crippen molar-refractivity contribution in [1.82, 2.24) is 5.32 Å². The molecule has 0 aromatic heterocycles. The van der Waals surface area contributed by atoms with Gasteiger partial charge in [-0.3, -0.25) is 9.59 Å². The molecule has 2 rings (SSSR count). The van der Waals surface area contributed by atoms with Crippen molar-refractivity contribution in [3.63, 3.8) is 0 Å². The zero-order valence-electron chi connectivity index (χ0n) is 14.7. The fourth-order valence-corrected chi connectivity index (χ4v) is 2.90. The summed E-state index contributed by atoms with van der Waals surface area (Å²) in [5, 5.41) is 6.77. The Balaban J connectivity index is 1.81. The van der Waals surface area contributed by atoms with Crippen LogP contribution in [0.4, 0.5) is 5.69 Å². The summed E-state index contributed by atoms with van der Waals surface area (Å²) in [5.74, 6) is -0.341. The molecule has 0 aliphatic heterocycles. The predicted octanol–water partition coefficient (Wildman–Crippen LogP) is 2.32. The number of nitrogens with one attached hydrogen (secondary N) is 3. The van der Waals surface area contributed by atoms with Crippen molar-refractivity contribution in [2.24, 2.45) is 0 Å². The van der Waals surface area contributed by atoms with Crippen molar-refractivity contribution in [1.29, 1.82) is 0 Å². The highest BCUT2D eigenvalue weighted by Gasteiger charge is 2.17. The van der Waals surface area contributed by atoms with Crippen molar-refractivity contribution >= 4 is 40.7 Å². The van der Waals surface area contributed by atoms with E-state index in [1.54, 1.807) is 37.4 Å². The number of likely N-dealkylation sites (N-methyl/N-ethyl adjacent to an activating group) is 1. The van der Waals surface area contributed by atoms with Gasteiger partial charge in [-0.1, -0.05) is 47.5 Å². The van der Waals surface area contributed by atoms with Crippen LogP contribution in [-0.4, -0.2) is 32.0 Å². The molecule has 7 heteroatoms. The van der Waals surface area contributed by atoms with Gasteiger partial charge in [0, 0.05) is 5.02 Å². The van der Waals surface area contributed by atoms with E-state index in [9.17, 15) is 9.59 Å². The Bertz CT molecular complexity index is 783. The smallest absolute Gasteiger partial charge is 0.279 e. The van der Waals surface area contributed by atoms with E-state index in [-0.39, 0.29) is 30.9 Å². The van der Waals surface area contributed by atoms with Gasteiger partial charge in [0.05, 0.1) is 23.8 Å². The number of carbonyl (C=O) groups excluding carboxylic acids is 2. The van der Waals surface area contributed by atoms with Crippen molar-refractivity contribution in [2.45, 2.75) is 13.0 Å². The minimum atomic E-state index is -0.203. The fourth-order valence-electron chi connectivity index (χ4n) is 2.52. The zero-order chi connectivity index (χ0) is 19.1. The van der Waals surface area contributed by atoms with Crippen molar-refractivity contribution in [2.75, 3.05) is 25.5 Å². The van der Waals surface area contributed by atoms with E-state index in [0.717, 1.165) is 10.5 Å². The van der Waals surface area contributed by atoms with E-state index < -0.39 is 0 Å². The Labute approximate surface area is 163 Å². The molecule has 5 nitrogen and oxygen atoms in total. The van der Waals surface area contributed by atoms with E-state index in [1.165, 1.54) is 0 Å². The lowest BCUT2D eigenvalue weighted by Crippen LogP contribution is -3.11. The lowest BCUT2D eigenvalue weighted by molar-refractivity contribution is -0.862. The van der Waals surface area contributed by atoms with Gasteiger partial charge >= 0.3 is 0 Å². The second kappa shape index (κ2) is 9.57. The first kappa shape index (κ1) is 20.2. The van der Waals surface area contributed by atoms with Crippen LogP contribution in [0, 0.1) is 0 Å². The summed E-state index contributed by atoms with van der Waals surface area (Å²) in [6.07, 6.45) is 0. The Kier molecular flexibility index (Phi) is 7.45. The molecule has 0 aliphatic carbocycles. The zero-order valence-corrected chi connectivity index (χ0v) is 16.2. The summed E-state index contributed by atoms with van der Waals surface area (Å²) in [6.45, 7) is 2.23. The third-order valence-electron chi connectivity index (χ3n) is 3.80. The first-order valence-electron chi connectivity index (χ1n) is 8.25. The van der Waals surface area contributed by atoms with Gasteiger partial charge in [-0.05, 0) is 36.8 Å². The molecule has 0 spiro atoms. The quantitative estimate of drug-likeness (QED) is 0.674. The summed E-state index contributed by atoms with van der Waals surface area (Å²) in [5.41, 5.74) is 1.49. The van der Waals surface area contributed by atoms with Crippen LogP contribution in [0.5, 0.6) is 0 Å². The molecule has 0 saturated heterocycles. The number of para-hydroxylation sites is 1. The minimum Gasteiger partial charge on any atom is -0.345 e. The number of quaternary nitrogens is 1. The molecule has 0 heterocycles. The first-order chi connectivity index (χ1) is 12.3. The van der Waals surface area contributed by atoms with Gasteiger partial charge < -0.3 is 15.5 Å². The lowest BCUT2D eigenvalue weighted by atomic mass is 10.1. The first-order valence-corrected chi connectivity index (χ1v) is 9.01. The number of halogens is 2. The third kappa shape index (κ3) is 6.33. The highest BCUT2D eigenvalue weighted by molar-refractivity contribution is 6.33. The number of rotatable bonds is 7. The minimum absolute atomic E-state index is 0.138. The number of hydrogen-bond donors (Lipinski definition) is 3. The number of benzene rings is 2. The summed E-state index contributed by atoms with van der Waals surface area (Å²) in [4.78, 5) is 25.1. The maximum Gasteiger partial charge on any atom is 0.279 e. The molecule has 26 heavy (non-hydrogen) atoms. The van der Waals surface area contributed by atoms with Gasteiger partial charge in [0.2, 0.25) is 0 Å². The molecule has 2 aromatic carbocycles. The SMILES string of the molecule is C[C@H](NC(=O)C[NH+](C)CC(=O)Nc1ccccc1Cl)c1cccc(Cl)c1.